The van der Waals surface area contributed by atoms with Crippen molar-refractivity contribution < 1.29 is 90.8 Å². The quantitative estimate of drug-likeness (QED) is 0.181. The van der Waals surface area contributed by atoms with Crippen molar-refractivity contribution in [1.29, 1.82) is 0 Å². The van der Waals surface area contributed by atoms with Crippen LogP contribution in [0.3, 0.4) is 0 Å². The molecule has 2 amide bonds. The van der Waals surface area contributed by atoms with Gasteiger partial charge in [0.2, 0.25) is 12.3 Å². The fourth-order valence-electron chi connectivity index (χ4n) is 4.21. The molecule has 8 atom stereocenters. The van der Waals surface area contributed by atoms with Crippen molar-refractivity contribution >= 4 is 23.9 Å². The second-order valence-electron chi connectivity index (χ2n) is 9.14. The molecular formula is C22H28ArF2N4O10. The molecule has 0 bridgehead atoms. The third-order valence-corrected chi connectivity index (χ3v) is 6.37. The van der Waals surface area contributed by atoms with Crippen LogP contribution in [0.4, 0.5) is 14.6 Å². The molecule has 3 aliphatic heterocycles. The maximum Gasteiger partial charge on any atom is 0.351 e. The van der Waals surface area contributed by atoms with Crippen molar-refractivity contribution in [2.24, 2.45) is 0 Å². The zero-order chi connectivity index (χ0) is 28.4. The van der Waals surface area contributed by atoms with Crippen molar-refractivity contribution in [3.8, 4) is 0 Å². The van der Waals surface area contributed by atoms with Crippen molar-refractivity contribution in [3.63, 3.8) is 0 Å². The van der Waals surface area contributed by atoms with Gasteiger partial charge in [-0.2, -0.15) is 4.98 Å². The Morgan fingerprint density at radius 3 is 2.08 bits per heavy atom. The summed E-state index contributed by atoms with van der Waals surface area (Å²) in [4.78, 5) is 49.2. The van der Waals surface area contributed by atoms with E-state index in [2.05, 4.69) is 10.3 Å². The van der Waals surface area contributed by atoms with Crippen LogP contribution in [0.5, 0.6) is 0 Å². The van der Waals surface area contributed by atoms with E-state index >= 15 is 0 Å². The monoisotopic (exact) mass is 586 g/mol. The molecule has 0 spiro atoms. The Balaban J connectivity index is 0.000000268. The summed E-state index contributed by atoms with van der Waals surface area (Å²) in [5, 5.41) is 39.6. The summed E-state index contributed by atoms with van der Waals surface area (Å²) in [5.41, 5.74) is -5.33. The van der Waals surface area contributed by atoms with E-state index in [0.717, 1.165) is 35.6 Å². The Bertz CT molecular complexity index is 1150. The first-order chi connectivity index (χ1) is 17.8. The molecule has 39 heavy (non-hydrogen) atoms. The van der Waals surface area contributed by atoms with Crippen LogP contribution < -0.4 is 11.0 Å². The molecule has 3 aliphatic rings. The number of carbonyl (C=O) groups is 3. The van der Waals surface area contributed by atoms with Crippen molar-refractivity contribution in [2.45, 2.75) is 68.5 Å². The number of hydrogen-bond acceptors (Lipinski definition) is 11. The molecule has 0 aromatic carbocycles. The fourth-order valence-corrected chi connectivity index (χ4v) is 4.21. The van der Waals surface area contributed by atoms with Crippen LogP contribution in [0.25, 0.3) is 0 Å². The predicted molar refractivity (Wildman–Crippen MR) is 122 cm³/mol. The second-order valence-corrected chi connectivity index (χ2v) is 9.14. The van der Waals surface area contributed by atoms with Gasteiger partial charge >= 0.3 is 5.69 Å². The minimum absolute atomic E-state index is 0. The third kappa shape index (κ3) is 6.71. The van der Waals surface area contributed by atoms with Gasteiger partial charge in [0.25, 0.3) is 0 Å². The standard InChI is InChI=1S/C11H14FN3O5.C11H14FNO5.Ar/c1-11(12)8(18)6(4-16)20-9(11)15-3-2-7(13-5-17)14-10(15)19;1-11(12)9(17)7(5-14)18-10(11)13-3-2-6(15)4-8(13)16;/h2-3,5-6,8-9,16,18H,4H2,1H3,(H,13,14,17,19);2-3,7,9-10,14,17H,4-5H2,1H3;/t6-,8-,9-,11-;7-,9-,10?,11-;/m11./s1. The largest absolute Gasteiger partial charge is 0.394 e. The number of anilines is 1. The average molecular weight is 586 g/mol. The number of allylic oxidation sites excluding steroid dienone is 1. The number of ketones is 1. The van der Waals surface area contributed by atoms with E-state index in [-0.39, 0.29) is 55.8 Å². The molecule has 5 N–H and O–H groups in total. The summed E-state index contributed by atoms with van der Waals surface area (Å²) in [5.74, 6) is -0.949. The third-order valence-electron chi connectivity index (χ3n) is 6.37. The van der Waals surface area contributed by atoms with Gasteiger partial charge in [-0.25, -0.2) is 13.6 Å². The van der Waals surface area contributed by atoms with Gasteiger partial charge in [0.15, 0.2) is 29.6 Å². The van der Waals surface area contributed by atoms with Crippen LogP contribution in [-0.4, -0.2) is 108 Å². The minimum atomic E-state index is -2.27. The molecule has 17 heteroatoms. The zero-order valence-corrected chi connectivity index (χ0v) is 21.4. The molecule has 0 saturated carbocycles. The van der Waals surface area contributed by atoms with Crippen LogP contribution in [0.15, 0.2) is 29.3 Å². The zero-order valence-electron chi connectivity index (χ0n) is 20.7. The molecule has 1 aromatic heterocycles. The van der Waals surface area contributed by atoms with E-state index < -0.39 is 73.0 Å². The minimum Gasteiger partial charge on any atom is -0.394 e. The van der Waals surface area contributed by atoms with Crippen LogP contribution in [0, 0.1) is 37.7 Å². The van der Waals surface area contributed by atoms with Gasteiger partial charge in [0.1, 0.15) is 30.2 Å². The Hall–Kier alpha value is -1.89. The predicted octanol–water partition coefficient (Wildman–Crippen LogP) is -2.10. The van der Waals surface area contributed by atoms with Crippen LogP contribution in [0.1, 0.15) is 26.5 Å². The van der Waals surface area contributed by atoms with E-state index in [1.807, 2.05) is 0 Å². The molecule has 1 aromatic rings. The average Bonchev–Trinajstić information content (AvgIpc) is 3.22. The topological polar surface area (TPSA) is 201 Å². The number of aliphatic hydroxyl groups excluding tert-OH is 4. The first-order valence-electron chi connectivity index (χ1n) is 11.4. The SMILES string of the molecule is C[C@@]1(F)[C@H](O)[C@@H](CO)O[C@H]1n1ccc(NC=O)nc1=O.C[C@]1(F)C(N2C=CC(=O)CC2=O)O[C@H](CO)[C@H]1O.[Ar]. The van der Waals surface area contributed by atoms with Gasteiger partial charge in [-0.3, -0.25) is 23.9 Å². The fraction of sp³-hybridized carbons (Fsp3) is 0.591. The number of rotatable bonds is 6. The summed E-state index contributed by atoms with van der Waals surface area (Å²) in [6, 6.07) is 1.29. The molecule has 218 valence electrons. The number of carbonyl (C=O) groups excluding carboxylic acids is 3. The van der Waals surface area contributed by atoms with Crippen LogP contribution in [0.2, 0.25) is 0 Å². The van der Waals surface area contributed by atoms with E-state index in [9.17, 15) is 38.2 Å². The van der Waals surface area contributed by atoms with E-state index in [4.69, 9.17) is 19.7 Å². The molecule has 2 fully saturated rings. The number of amides is 2. The second kappa shape index (κ2) is 13.2. The van der Waals surface area contributed by atoms with Crippen molar-refractivity contribution in [1.82, 2.24) is 14.5 Å². The van der Waals surface area contributed by atoms with Crippen molar-refractivity contribution in [2.75, 3.05) is 18.5 Å². The van der Waals surface area contributed by atoms with Crippen LogP contribution in [-0.2, 0) is 23.9 Å². The Morgan fingerprint density at radius 1 is 1.08 bits per heavy atom. The summed E-state index contributed by atoms with van der Waals surface area (Å²) in [6.45, 7) is 1.03. The number of aromatic nitrogens is 2. The summed E-state index contributed by atoms with van der Waals surface area (Å²) in [7, 11) is 0. The van der Waals surface area contributed by atoms with Crippen molar-refractivity contribution in [3.05, 3.63) is 35.0 Å². The van der Waals surface area contributed by atoms with Crippen LogP contribution >= 0.6 is 0 Å². The Kier molecular flexibility index (Phi) is 11.3. The maximum absolute atomic E-state index is 14.5. The van der Waals surface area contributed by atoms with Gasteiger partial charge in [-0.15, -0.1) is 0 Å². The van der Waals surface area contributed by atoms with E-state index in [0.29, 0.717) is 6.41 Å². The molecule has 0 aliphatic carbocycles. The molecule has 2 saturated heterocycles. The molecule has 0 radical (unpaired) electrons. The summed E-state index contributed by atoms with van der Waals surface area (Å²) < 4.78 is 40.0. The Labute approximate surface area is 250 Å². The molecule has 1 unspecified atom stereocenters. The smallest absolute Gasteiger partial charge is 0.351 e. The van der Waals surface area contributed by atoms with Gasteiger partial charge in [-0.1, -0.05) is 0 Å². The van der Waals surface area contributed by atoms with Gasteiger partial charge in [-0.05, 0) is 26.0 Å². The number of nitrogens with zero attached hydrogens (tertiary/aromatic N) is 3. The maximum atomic E-state index is 14.5. The number of hydrogen-bond donors (Lipinski definition) is 5. The molecule has 4 rings (SSSR count). The van der Waals surface area contributed by atoms with E-state index in [1.54, 1.807) is 0 Å². The first-order valence-corrected chi connectivity index (χ1v) is 11.4. The number of alkyl halides is 2. The number of nitrogens with one attached hydrogen (secondary N) is 1. The molecule has 14 nitrogen and oxygen atoms in total. The number of aliphatic hydroxyl groups is 4. The molecular weight excluding hydrogens is 558 g/mol. The number of halogens is 2. The normalized spacial score (nSPS) is 35.7. The van der Waals surface area contributed by atoms with Gasteiger partial charge in [0, 0.05) is 50.1 Å². The summed E-state index contributed by atoms with van der Waals surface area (Å²) in [6.07, 6.45) is -4.61. The first kappa shape index (κ1) is 33.3. The van der Waals surface area contributed by atoms with Gasteiger partial charge < -0.3 is 35.2 Å². The number of ether oxygens (including phenoxy) is 2. The Morgan fingerprint density at radius 2 is 1.62 bits per heavy atom. The van der Waals surface area contributed by atoms with Gasteiger partial charge in [0.05, 0.1) is 19.6 Å². The summed E-state index contributed by atoms with van der Waals surface area (Å²) >= 11 is 0. The molecule has 4 heterocycles. The van der Waals surface area contributed by atoms with E-state index in [1.165, 1.54) is 12.3 Å².